The topological polar surface area (TPSA) is 82.9 Å². The van der Waals surface area contributed by atoms with Crippen LogP contribution >= 0.6 is 0 Å². The van der Waals surface area contributed by atoms with Crippen LogP contribution in [-0.2, 0) is 12.1 Å². The normalized spacial score (nSPS) is 21.9. The molecule has 1 aliphatic heterocycles. The molecule has 34 heavy (non-hydrogen) atoms. The van der Waals surface area contributed by atoms with Gasteiger partial charge in [-0.3, -0.25) is 9.78 Å². The maximum atomic E-state index is 13.2. The second kappa shape index (κ2) is 8.11. The van der Waals surface area contributed by atoms with Crippen LogP contribution in [0.1, 0.15) is 34.3 Å². The summed E-state index contributed by atoms with van der Waals surface area (Å²) in [7, 11) is 0. The number of fused-ring (bicyclic) bond motifs is 1. The first kappa shape index (κ1) is 22.4. The number of alkyl halides is 3. The minimum Gasteiger partial charge on any atom is -0.483 e. The predicted octanol–water partition coefficient (Wildman–Crippen LogP) is 4.19. The summed E-state index contributed by atoms with van der Waals surface area (Å²) in [6, 6.07) is 14.8. The van der Waals surface area contributed by atoms with Gasteiger partial charge in [0.1, 0.15) is 5.75 Å². The number of benzene rings is 2. The molecule has 2 N–H and O–H groups in total. The minimum absolute atomic E-state index is 0.0342. The van der Waals surface area contributed by atoms with E-state index in [1.165, 1.54) is 12.3 Å². The van der Waals surface area contributed by atoms with Crippen molar-refractivity contribution < 1.29 is 32.9 Å². The zero-order valence-corrected chi connectivity index (χ0v) is 17.9. The summed E-state index contributed by atoms with van der Waals surface area (Å²) in [4.78, 5) is 19.1. The van der Waals surface area contributed by atoms with Gasteiger partial charge in [0.25, 0.3) is 5.91 Å². The Hall–Kier alpha value is -3.43. The van der Waals surface area contributed by atoms with Gasteiger partial charge in [-0.05, 0) is 35.9 Å². The number of hydrogen-bond donors (Lipinski definition) is 2. The highest BCUT2D eigenvalue weighted by atomic mass is 19.4. The second-order valence-electron chi connectivity index (χ2n) is 8.62. The molecule has 1 amide bonds. The smallest absolute Gasteiger partial charge is 0.422 e. The Morgan fingerprint density at radius 1 is 1.06 bits per heavy atom. The van der Waals surface area contributed by atoms with Crippen molar-refractivity contribution in [1.29, 1.82) is 0 Å². The van der Waals surface area contributed by atoms with Crippen molar-refractivity contribution >= 4 is 11.6 Å². The molecule has 9 heteroatoms. The van der Waals surface area contributed by atoms with E-state index < -0.39 is 24.5 Å². The van der Waals surface area contributed by atoms with Crippen molar-refractivity contribution in [2.45, 2.75) is 37.3 Å². The molecule has 3 aromatic rings. The van der Waals surface area contributed by atoms with Crippen molar-refractivity contribution in [1.82, 2.24) is 4.98 Å². The van der Waals surface area contributed by atoms with Crippen molar-refractivity contribution in [2.24, 2.45) is 0 Å². The fourth-order valence-corrected chi connectivity index (χ4v) is 4.52. The molecule has 2 heterocycles. The highest BCUT2D eigenvalue weighted by Gasteiger charge is 2.43. The zero-order valence-electron chi connectivity index (χ0n) is 17.9. The van der Waals surface area contributed by atoms with Gasteiger partial charge < -0.3 is 19.8 Å². The van der Waals surface area contributed by atoms with E-state index in [1.54, 1.807) is 53.4 Å². The minimum atomic E-state index is -4.48. The van der Waals surface area contributed by atoms with Gasteiger partial charge in [0, 0.05) is 41.4 Å². The molecule has 0 atom stereocenters. The third-order valence-electron chi connectivity index (χ3n) is 6.24. The quantitative estimate of drug-likeness (QED) is 0.584. The van der Waals surface area contributed by atoms with Crippen molar-refractivity contribution in [3.05, 3.63) is 77.5 Å². The number of anilines is 1. The predicted molar refractivity (Wildman–Crippen MR) is 117 cm³/mol. The number of carbonyl (C=O) groups excluding carboxylic acids is 1. The first-order chi connectivity index (χ1) is 16.1. The monoisotopic (exact) mass is 470 g/mol. The molecule has 6 nitrogen and oxygen atoms in total. The largest absolute Gasteiger partial charge is 0.483 e. The molecule has 1 aromatic heterocycles. The number of aromatic nitrogens is 1. The van der Waals surface area contributed by atoms with Gasteiger partial charge >= 0.3 is 6.18 Å². The van der Waals surface area contributed by atoms with E-state index in [9.17, 15) is 28.2 Å². The van der Waals surface area contributed by atoms with E-state index in [0.29, 0.717) is 33.6 Å². The molecular weight excluding hydrogens is 449 g/mol. The lowest BCUT2D eigenvalue weighted by molar-refractivity contribution is -0.153. The zero-order chi connectivity index (χ0) is 24.1. The van der Waals surface area contributed by atoms with Crippen molar-refractivity contribution in [3.8, 4) is 17.0 Å². The molecule has 0 spiro atoms. The first-order valence-electron chi connectivity index (χ1n) is 10.7. The molecule has 1 fully saturated rings. The maximum absolute atomic E-state index is 13.2. The van der Waals surface area contributed by atoms with Gasteiger partial charge in [0.05, 0.1) is 23.9 Å². The standard InChI is InChI=1S/C25H21F3N2O4/c26-25(27,28)14-34-21-4-2-1-3-19(21)22-20-13-30(23(32)18(20)9-10-29-22)16-7-5-15(6-8-16)24(33)11-17(31)12-24/h1-10,17,31,33H,11-14H2. The van der Waals surface area contributed by atoms with Gasteiger partial charge in [-0.15, -0.1) is 0 Å². The molecule has 1 aliphatic carbocycles. The number of hydrogen-bond acceptors (Lipinski definition) is 5. The average molecular weight is 470 g/mol. The van der Waals surface area contributed by atoms with Gasteiger partial charge in [0.15, 0.2) is 6.61 Å². The number of ether oxygens (including phenoxy) is 1. The maximum Gasteiger partial charge on any atom is 0.422 e. The molecule has 1 saturated carbocycles. The van der Waals surface area contributed by atoms with E-state index in [2.05, 4.69) is 4.98 Å². The Labute approximate surface area is 193 Å². The molecule has 176 valence electrons. The van der Waals surface area contributed by atoms with Gasteiger partial charge in [-0.25, -0.2) is 0 Å². The molecule has 2 aliphatic rings. The van der Waals surface area contributed by atoms with Crippen LogP contribution in [0.2, 0.25) is 0 Å². The molecule has 5 rings (SSSR count). The Morgan fingerprint density at radius 2 is 1.76 bits per heavy atom. The van der Waals surface area contributed by atoms with Gasteiger partial charge in [-0.1, -0.05) is 24.3 Å². The summed E-state index contributed by atoms with van der Waals surface area (Å²) in [5, 5.41) is 20.1. The first-order valence-corrected chi connectivity index (χ1v) is 10.7. The van der Waals surface area contributed by atoms with Crippen LogP contribution in [0.4, 0.5) is 18.9 Å². The van der Waals surface area contributed by atoms with Gasteiger partial charge in [-0.2, -0.15) is 13.2 Å². The highest BCUT2D eigenvalue weighted by molar-refractivity contribution is 6.11. The summed E-state index contributed by atoms with van der Waals surface area (Å²) in [5.41, 5.74) is 2.00. The van der Waals surface area contributed by atoms with E-state index in [4.69, 9.17) is 4.74 Å². The SMILES string of the molecule is O=C1c2ccnc(-c3ccccc3OCC(F)(F)F)c2CN1c1ccc(C2(O)CC(O)C2)cc1. The number of halogens is 3. The second-order valence-corrected chi connectivity index (χ2v) is 8.62. The van der Waals surface area contributed by atoms with Crippen LogP contribution in [0.3, 0.4) is 0 Å². The summed E-state index contributed by atoms with van der Waals surface area (Å²) in [6.07, 6.45) is -3.01. The highest BCUT2D eigenvalue weighted by Crippen LogP contribution is 2.42. The van der Waals surface area contributed by atoms with E-state index in [1.807, 2.05) is 0 Å². The molecule has 0 bridgehead atoms. The summed E-state index contributed by atoms with van der Waals surface area (Å²) in [6.45, 7) is -1.24. The lowest BCUT2D eigenvalue weighted by atomic mass is 9.73. The van der Waals surface area contributed by atoms with Crippen LogP contribution in [-0.4, -0.2) is 40.0 Å². The van der Waals surface area contributed by atoms with E-state index in [-0.39, 0.29) is 31.0 Å². The Morgan fingerprint density at radius 3 is 2.44 bits per heavy atom. The molecule has 0 saturated heterocycles. The van der Waals surface area contributed by atoms with Crippen LogP contribution in [0, 0.1) is 0 Å². The van der Waals surface area contributed by atoms with Crippen molar-refractivity contribution in [3.63, 3.8) is 0 Å². The lowest BCUT2D eigenvalue weighted by Gasteiger charge is -2.41. The number of pyridine rings is 1. The third-order valence-corrected chi connectivity index (χ3v) is 6.24. The Balaban J connectivity index is 1.44. The van der Waals surface area contributed by atoms with Crippen LogP contribution < -0.4 is 9.64 Å². The van der Waals surface area contributed by atoms with Crippen LogP contribution in [0.5, 0.6) is 5.75 Å². The fourth-order valence-electron chi connectivity index (χ4n) is 4.52. The van der Waals surface area contributed by atoms with Crippen molar-refractivity contribution in [2.75, 3.05) is 11.5 Å². The average Bonchev–Trinajstić information content (AvgIpc) is 3.13. The fraction of sp³-hybridized carbons (Fsp3) is 0.280. The number of aliphatic hydroxyl groups excluding tert-OH is 1. The number of nitrogens with zero attached hydrogens (tertiary/aromatic N) is 2. The molecule has 2 aromatic carbocycles. The number of para-hydroxylation sites is 1. The number of carbonyl (C=O) groups is 1. The summed E-state index contributed by atoms with van der Waals surface area (Å²) < 4.78 is 43.2. The van der Waals surface area contributed by atoms with E-state index >= 15 is 0 Å². The molecule has 0 radical (unpaired) electrons. The Kier molecular flexibility index (Phi) is 5.33. The molecular formula is C25H21F3N2O4. The lowest BCUT2D eigenvalue weighted by Crippen LogP contribution is -2.44. The van der Waals surface area contributed by atoms with Crippen LogP contribution in [0.15, 0.2) is 60.8 Å². The van der Waals surface area contributed by atoms with Gasteiger partial charge in [0.2, 0.25) is 0 Å². The summed E-state index contributed by atoms with van der Waals surface area (Å²) in [5.74, 6) is -0.218. The summed E-state index contributed by atoms with van der Waals surface area (Å²) >= 11 is 0. The number of aliphatic hydroxyl groups is 2. The van der Waals surface area contributed by atoms with E-state index in [0.717, 1.165) is 0 Å². The number of rotatable bonds is 5. The number of amides is 1. The Bertz CT molecular complexity index is 1240. The van der Waals surface area contributed by atoms with Crippen LogP contribution in [0.25, 0.3) is 11.3 Å². The molecule has 0 unspecified atom stereocenters. The third kappa shape index (κ3) is 4.01.